The van der Waals surface area contributed by atoms with Crippen molar-refractivity contribution in [2.75, 3.05) is 13.4 Å². The number of hydrogen-bond donors (Lipinski definition) is 1. The number of methoxy groups -OCH3 is 1. The van der Waals surface area contributed by atoms with Crippen molar-refractivity contribution in [3.63, 3.8) is 0 Å². The summed E-state index contributed by atoms with van der Waals surface area (Å²) in [4.78, 5) is 0. The van der Waals surface area contributed by atoms with E-state index in [1.165, 1.54) is 5.56 Å². The lowest BCUT2D eigenvalue weighted by Crippen LogP contribution is -2.25. The van der Waals surface area contributed by atoms with Crippen LogP contribution in [0.1, 0.15) is 17.5 Å². The summed E-state index contributed by atoms with van der Waals surface area (Å²) in [6.07, 6.45) is 4.10. The van der Waals surface area contributed by atoms with Gasteiger partial charge in [-0.2, -0.15) is 11.8 Å². The first-order valence-electron chi connectivity index (χ1n) is 5.22. The van der Waals surface area contributed by atoms with Gasteiger partial charge in [-0.25, -0.2) is 0 Å². The van der Waals surface area contributed by atoms with E-state index in [4.69, 9.17) is 9.94 Å². The molecule has 0 saturated carbocycles. The van der Waals surface area contributed by atoms with Crippen molar-refractivity contribution in [2.45, 2.75) is 18.1 Å². The molecule has 3 nitrogen and oxygen atoms in total. The van der Waals surface area contributed by atoms with Gasteiger partial charge < -0.3 is 9.94 Å². The fraction of sp³-hybridized carbons (Fsp3) is 0.417. The summed E-state index contributed by atoms with van der Waals surface area (Å²) in [5.74, 6) is 0.807. The van der Waals surface area contributed by atoms with Gasteiger partial charge in [-0.05, 0) is 36.8 Å². The van der Waals surface area contributed by atoms with E-state index < -0.39 is 0 Å². The highest BCUT2D eigenvalue weighted by Crippen LogP contribution is 2.30. The third kappa shape index (κ3) is 1.89. The highest BCUT2D eigenvalue weighted by atomic mass is 32.2. The van der Waals surface area contributed by atoms with Crippen LogP contribution in [0.2, 0.25) is 0 Å². The van der Waals surface area contributed by atoms with Gasteiger partial charge in [0.1, 0.15) is 11.5 Å². The van der Waals surface area contributed by atoms with Gasteiger partial charge >= 0.3 is 0 Å². The van der Waals surface area contributed by atoms with Crippen LogP contribution < -0.4 is 4.74 Å². The predicted octanol–water partition coefficient (Wildman–Crippen LogP) is 2.55. The normalized spacial score (nSPS) is 21.9. The Morgan fingerprint density at radius 2 is 2.31 bits per heavy atom. The second-order valence-electron chi connectivity index (χ2n) is 3.77. The maximum absolute atomic E-state index is 9.14. The van der Waals surface area contributed by atoms with Crippen LogP contribution in [0.5, 0.6) is 5.75 Å². The molecular formula is C12H15NO2S. The van der Waals surface area contributed by atoms with E-state index in [9.17, 15) is 0 Å². The first-order valence-corrected chi connectivity index (χ1v) is 6.51. The number of aryl methyl sites for hydroxylation is 1. The van der Waals surface area contributed by atoms with Crippen molar-refractivity contribution in [1.82, 2.24) is 0 Å². The molecule has 0 spiro atoms. The molecule has 0 saturated heterocycles. The fourth-order valence-corrected chi connectivity index (χ4v) is 2.83. The maximum Gasteiger partial charge on any atom is 0.119 e. The topological polar surface area (TPSA) is 41.8 Å². The van der Waals surface area contributed by atoms with Crippen LogP contribution in [0.25, 0.3) is 0 Å². The number of benzene rings is 1. The molecule has 1 aliphatic carbocycles. The van der Waals surface area contributed by atoms with Gasteiger partial charge in [0.2, 0.25) is 0 Å². The zero-order valence-electron chi connectivity index (χ0n) is 9.43. The van der Waals surface area contributed by atoms with Gasteiger partial charge in [0, 0.05) is 5.56 Å². The largest absolute Gasteiger partial charge is 0.497 e. The third-order valence-corrected chi connectivity index (χ3v) is 3.99. The molecule has 0 aliphatic heterocycles. The zero-order chi connectivity index (χ0) is 11.5. The summed E-state index contributed by atoms with van der Waals surface area (Å²) in [5.41, 5.74) is 3.03. The minimum atomic E-state index is 0.282. The van der Waals surface area contributed by atoms with Gasteiger partial charge in [0.05, 0.1) is 12.4 Å². The second-order valence-corrected chi connectivity index (χ2v) is 4.81. The number of fused-ring (bicyclic) bond motifs is 1. The highest BCUT2D eigenvalue weighted by Gasteiger charge is 2.25. The van der Waals surface area contributed by atoms with Crippen molar-refractivity contribution < 1.29 is 9.94 Å². The molecule has 0 radical (unpaired) electrons. The number of thioether (sulfide) groups is 1. The van der Waals surface area contributed by atoms with Crippen molar-refractivity contribution >= 4 is 17.5 Å². The Kier molecular flexibility index (Phi) is 3.39. The molecule has 1 unspecified atom stereocenters. The SMILES string of the molecule is COc1ccc2c(c1)/C(=N\O)C(SC)CC2. The molecule has 4 heteroatoms. The van der Waals surface area contributed by atoms with E-state index >= 15 is 0 Å². The molecule has 1 aliphatic rings. The van der Waals surface area contributed by atoms with E-state index in [1.807, 2.05) is 18.4 Å². The molecule has 0 bridgehead atoms. The number of rotatable bonds is 2. The summed E-state index contributed by atoms with van der Waals surface area (Å²) in [7, 11) is 1.65. The third-order valence-electron chi connectivity index (χ3n) is 2.97. The monoisotopic (exact) mass is 237 g/mol. The first kappa shape index (κ1) is 11.3. The summed E-state index contributed by atoms with van der Waals surface area (Å²) in [5, 5.41) is 12.9. The number of ether oxygens (including phenoxy) is 1. The lowest BCUT2D eigenvalue weighted by molar-refractivity contribution is 0.317. The van der Waals surface area contributed by atoms with Gasteiger partial charge in [0.15, 0.2) is 0 Å². The lowest BCUT2D eigenvalue weighted by atomic mass is 9.89. The Labute approximate surface area is 99.5 Å². The summed E-state index contributed by atoms with van der Waals surface area (Å²) in [6, 6.07) is 5.95. The average molecular weight is 237 g/mol. The molecule has 1 aromatic carbocycles. The Morgan fingerprint density at radius 3 is 2.94 bits per heavy atom. The number of oxime groups is 1. The second kappa shape index (κ2) is 4.78. The summed E-state index contributed by atoms with van der Waals surface area (Å²) in [6.45, 7) is 0. The molecule has 0 aromatic heterocycles. The Bertz CT molecular complexity index is 417. The summed E-state index contributed by atoms with van der Waals surface area (Å²) < 4.78 is 5.20. The molecule has 0 heterocycles. The van der Waals surface area contributed by atoms with Crippen LogP contribution in [0.3, 0.4) is 0 Å². The minimum Gasteiger partial charge on any atom is -0.497 e. The molecule has 1 atom stereocenters. The Hall–Kier alpha value is -1.16. The van der Waals surface area contributed by atoms with Crippen molar-refractivity contribution in [3.05, 3.63) is 29.3 Å². The van der Waals surface area contributed by atoms with Crippen LogP contribution in [0.4, 0.5) is 0 Å². The number of hydrogen-bond acceptors (Lipinski definition) is 4. The van der Waals surface area contributed by atoms with Gasteiger partial charge in [-0.1, -0.05) is 11.2 Å². The zero-order valence-corrected chi connectivity index (χ0v) is 10.3. The van der Waals surface area contributed by atoms with E-state index in [1.54, 1.807) is 18.9 Å². The van der Waals surface area contributed by atoms with E-state index in [-0.39, 0.29) is 5.25 Å². The standard InChI is InChI=1S/C12H15NO2S/c1-15-9-5-3-8-4-6-11(16-2)12(13-14)10(8)7-9/h3,5,7,11,14H,4,6H2,1-2H3/b13-12+. The van der Waals surface area contributed by atoms with E-state index in [0.29, 0.717) is 0 Å². The van der Waals surface area contributed by atoms with Crippen LogP contribution in [-0.2, 0) is 6.42 Å². The molecule has 0 amide bonds. The Balaban J connectivity index is 2.46. The smallest absolute Gasteiger partial charge is 0.119 e. The molecule has 0 fully saturated rings. The molecule has 16 heavy (non-hydrogen) atoms. The number of nitrogens with zero attached hydrogens (tertiary/aromatic N) is 1. The van der Waals surface area contributed by atoms with Gasteiger partial charge in [0.25, 0.3) is 0 Å². The maximum atomic E-state index is 9.14. The van der Waals surface area contributed by atoms with E-state index in [0.717, 1.165) is 29.9 Å². The molecule has 1 N–H and O–H groups in total. The van der Waals surface area contributed by atoms with E-state index in [2.05, 4.69) is 11.2 Å². The predicted molar refractivity (Wildman–Crippen MR) is 66.9 cm³/mol. The van der Waals surface area contributed by atoms with Crippen LogP contribution >= 0.6 is 11.8 Å². The van der Waals surface area contributed by atoms with Gasteiger partial charge in [-0.3, -0.25) is 0 Å². The summed E-state index contributed by atoms with van der Waals surface area (Å²) >= 11 is 1.72. The highest BCUT2D eigenvalue weighted by molar-refractivity contribution is 8.00. The van der Waals surface area contributed by atoms with Crippen LogP contribution in [0, 0.1) is 0 Å². The quantitative estimate of drug-likeness (QED) is 0.635. The minimum absolute atomic E-state index is 0.282. The van der Waals surface area contributed by atoms with Crippen LogP contribution in [0.15, 0.2) is 23.4 Å². The fourth-order valence-electron chi connectivity index (χ4n) is 2.08. The lowest BCUT2D eigenvalue weighted by Gasteiger charge is -2.24. The molecule has 86 valence electrons. The molecule has 1 aromatic rings. The van der Waals surface area contributed by atoms with Crippen molar-refractivity contribution in [1.29, 1.82) is 0 Å². The first-order chi connectivity index (χ1) is 7.80. The van der Waals surface area contributed by atoms with Crippen molar-refractivity contribution in [3.8, 4) is 5.75 Å². The average Bonchev–Trinajstić information content (AvgIpc) is 2.36. The van der Waals surface area contributed by atoms with Gasteiger partial charge in [-0.15, -0.1) is 0 Å². The van der Waals surface area contributed by atoms with Crippen molar-refractivity contribution in [2.24, 2.45) is 5.16 Å². The van der Waals surface area contributed by atoms with Crippen LogP contribution in [-0.4, -0.2) is 29.5 Å². The Morgan fingerprint density at radius 1 is 1.50 bits per heavy atom. The molecule has 2 rings (SSSR count). The molecular weight excluding hydrogens is 222 g/mol.